The summed E-state index contributed by atoms with van der Waals surface area (Å²) in [6, 6.07) is 12.5. The minimum atomic E-state index is -0.259. The second kappa shape index (κ2) is 4.87. The zero-order valence-electron chi connectivity index (χ0n) is 9.81. The van der Waals surface area contributed by atoms with Crippen molar-refractivity contribution >= 4 is 11.4 Å². The van der Waals surface area contributed by atoms with E-state index in [1.54, 1.807) is 19.1 Å². The molecule has 0 bridgehead atoms. The molecule has 2 nitrogen and oxygen atoms in total. The number of rotatable bonds is 2. The molecule has 0 heterocycles. The van der Waals surface area contributed by atoms with Crippen LogP contribution in [0.15, 0.2) is 52.7 Å². The summed E-state index contributed by atoms with van der Waals surface area (Å²) >= 11 is 0. The van der Waals surface area contributed by atoms with Gasteiger partial charge in [-0.15, -0.1) is 0 Å². The third kappa shape index (κ3) is 2.97. The van der Waals surface area contributed by atoms with Crippen LogP contribution in [0.4, 0.5) is 15.8 Å². The molecular formula is C14H13FN2. The Morgan fingerprint density at radius 1 is 0.882 bits per heavy atom. The van der Waals surface area contributed by atoms with Crippen LogP contribution in [0.1, 0.15) is 11.1 Å². The molecule has 0 atom stereocenters. The monoisotopic (exact) mass is 228 g/mol. The highest BCUT2D eigenvalue weighted by molar-refractivity contribution is 5.42. The van der Waals surface area contributed by atoms with Crippen molar-refractivity contribution in [1.82, 2.24) is 0 Å². The van der Waals surface area contributed by atoms with Crippen LogP contribution >= 0.6 is 0 Å². The molecule has 17 heavy (non-hydrogen) atoms. The maximum atomic E-state index is 13.3. The van der Waals surface area contributed by atoms with Crippen molar-refractivity contribution in [2.75, 3.05) is 0 Å². The summed E-state index contributed by atoms with van der Waals surface area (Å²) in [6.07, 6.45) is 0. The summed E-state index contributed by atoms with van der Waals surface area (Å²) in [5.41, 5.74) is 3.02. The molecular weight excluding hydrogens is 215 g/mol. The number of nitrogens with zero attached hydrogens (tertiary/aromatic N) is 2. The average Bonchev–Trinajstić information content (AvgIpc) is 2.31. The van der Waals surface area contributed by atoms with Crippen LogP contribution < -0.4 is 0 Å². The maximum Gasteiger partial charge on any atom is 0.128 e. The first kappa shape index (κ1) is 11.5. The number of hydrogen-bond donors (Lipinski definition) is 0. The van der Waals surface area contributed by atoms with Crippen molar-refractivity contribution < 1.29 is 4.39 Å². The van der Waals surface area contributed by atoms with Gasteiger partial charge in [-0.1, -0.05) is 18.2 Å². The van der Waals surface area contributed by atoms with Gasteiger partial charge in [-0.2, -0.15) is 10.2 Å². The first-order chi connectivity index (χ1) is 8.15. The molecule has 0 saturated carbocycles. The second-order valence-electron chi connectivity index (χ2n) is 3.97. The van der Waals surface area contributed by atoms with E-state index in [0.717, 1.165) is 11.3 Å². The Labute approximate surface area is 99.8 Å². The topological polar surface area (TPSA) is 24.7 Å². The van der Waals surface area contributed by atoms with E-state index in [2.05, 4.69) is 10.2 Å². The molecule has 0 fully saturated rings. The maximum absolute atomic E-state index is 13.3. The molecule has 86 valence electrons. The Morgan fingerprint density at radius 2 is 1.59 bits per heavy atom. The summed E-state index contributed by atoms with van der Waals surface area (Å²) in [5.74, 6) is -0.259. The molecule has 0 amide bonds. The molecule has 0 radical (unpaired) electrons. The molecule has 2 rings (SSSR count). The molecule has 0 aromatic heterocycles. The number of benzene rings is 2. The van der Waals surface area contributed by atoms with Gasteiger partial charge < -0.3 is 0 Å². The summed E-state index contributed by atoms with van der Waals surface area (Å²) in [5, 5.41) is 8.07. The lowest BCUT2D eigenvalue weighted by Gasteiger charge is -1.97. The minimum absolute atomic E-state index is 0.259. The van der Waals surface area contributed by atoms with Crippen molar-refractivity contribution in [3.8, 4) is 0 Å². The highest BCUT2D eigenvalue weighted by Gasteiger charge is 1.98. The van der Waals surface area contributed by atoms with Gasteiger partial charge in [-0.05, 0) is 43.2 Å². The fourth-order valence-corrected chi connectivity index (χ4v) is 1.45. The van der Waals surface area contributed by atoms with Gasteiger partial charge in [0.1, 0.15) is 5.82 Å². The van der Waals surface area contributed by atoms with Gasteiger partial charge >= 0.3 is 0 Å². The normalized spacial score (nSPS) is 11.0. The van der Waals surface area contributed by atoms with Gasteiger partial charge in [0.2, 0.25) is 0 Å². The lowest BCUT2D eigenvalue weighted by molar-refractivity contribution is 0.618. The predicted octanol–water partition coefficient (Wildman–Crippen LogP) is 4.86. The Balaban J connectivity index is 2.23. The van der Waals surface area contributed by atoms with E-state index in [1.165, 1.54) is 6.07 Å². The van der Waals surface area contributed by atoms with Crippen molar-refractivity contribution in [1.29, 1.82) is 0 Å². The smallest absolute Gasteiger partial charge is 0.128 e. The lowest BCUT2D eigenvalue weighted by atomic mass is 10.2. The summed E-state index contributed by atoms with van der Waals surface area (Å²) in [4.78, 5) is 0. The summed E-state index contributed by atoms with van der Waals surface area (Å²) in [7, 11) is 0. The van der Waals surface area contributed by atoms with Gasteiger partial charge in [-0.25, -0.2) is 4.39 Å². The first-order valence-electron chi connectivity index (χ1n) is 5.40. The first-order valence-corrected chi connectivity index (χ1v) is 5.40. The highest BCUT2D eigenvalue weighted by Crippen LogP contribution is 2.20. The molecule has 0 aliphatic carbocycles. The quantitative estimate of drug-likeness (QED) is 0.656. The fraction of sp³-hybridized carbons (Fsp3) is 0.143. The van der Waals surface area contributed by atoms with E-state index in [1.807, 2.05) is 31.2 Å². The Bertz CT molecular complexity index is 562. The molecule has 0 unspecified atom stereocenters. The van der Waals surface area contributed by atoms with Crippen molar-refractivity contribution in [2.24, 2.45) is 10.2 Å². The SMILES string of the molecule is Cc1cccc(N=Nc2ccc(C)c(F)c2)c1. The minimum Gasteiger partial charge on any atom is -0.207 e. The standard InChI is InChI=1S/C14H13FN2/c1-10-4-3-5-12(8-10)16-17-13-7-6-11(2)14(15)9-13/h3-9H,1-2H3. The highest BCUT2D eigenvalue weighted by atomic mass is 19.1. The molecule has 0 N–H and O–H groups in total. The van der Waals surface area contributed by atoms with E-state index < -0.39 is 0 Å². The molecule has 2 aromatic rings. The van der Waals surface area contributed by atoms with Gasteiger partial charge in [0.25, 0.3) is 0 Å². The van der Waals surface area contributed by atoms with Gasteiger partial charge in [-0.3, -0.25) is 0 Å². The van der Waals surface area contributed by atoms with Crippen molar-refractivity contribution in [3.05, 3.63) is 59.4 Å². The van der Waals surface area contributed by atoms with Crippen molar-refractivity contribution in [2.45, 2.75) is 13.8 Å². The third-order valence-electron chi connectivity index (χ3n) is 2.44. The zero-order valence-corrected chi connectivity index (χ0v) is 9.81. The molecule has 0 aliphatic rings. The largest absolute Gasteiger partial charge is 0.207 e. The predicted molar refractivity (Wildman–Crippen MR) is 66.5 cm³/mol. The molecule has 0 saturated heterocycles. The van der Waals surface area contributed by atoms with E-state index in [-0.39, 0.29) is 5.82 Å². The number of azo groups is 1. The third-order valence-corrected chi connectivity index (χ3v) is 2.44. The van der Waals surface area contributed by atoms with Crippen molar-refractivity contribution in [3.63, 3.8) is 0 Å². The molecule has 0 aliphatic heterocycles. The Kier molecular flexibility index (Phi) is 3.28. The van der Waals surface area contributed by atoms with E-state index in [9.17, 15) is 4.39 Å². The van der Waals surface area contributed by atoms with Gasteiger partial charge in [0.15, 0.2) is 0 Å². The molecule has 0 spiro atoms. The number of aryl methyl sites for hydroxylation is 2. The second-order valence-corrected chi connectivity index (χ2v) is 3.97. The van der Waals surface area contributed by atoms with E-state index in [0.29, 0.717) is 11.3 Å². The Hall–Kier alpha value is -2.03. The number of halogens is 1. The van der Waals surface area contributed by atoms with Crippen LogP contribution in [0.25, 0.3) is 0 Å². The number of hydrogen-bond acceptors (Lipinski definition) is 2. The van der Waals surface area contributed by atoms with E-state index in [4.69, 9.17) is 0 Å². The summed E-state index contributed by atoms with van der Waals surface area (Å²) in [6.45, 7) is 3.71. The molecule has 3 heteroatoms. The van der Waals surface area contributed by atoms with Crippen LogP contribution in [0, 0.1) is 19.7 Å². The van der Waals surface area contributed by atoms with Crippen LogP contribution in [0.3, 0.4) is 0 Å². The van der Waals surface area contributed by atoms with Gasteiger partial charge in [0, 0.05) is 6.07 Å². The lowest BCUT2D eigenvalue weighted by Crippen LogP contribution is -1.78. The molecule has 2 aromatic carbocycles. The van der Waals surface area contributed by atoms with Crippen LogP contribution in [-0.2, 0) is 0 Å². The summed E-state index contributed by atoms with van der Waals surface area (Å²) < 4.78 is 13.3. The van der Waals surface area contributed by atoms with Crippen LogP contribution in [0.5, 0.6) is 0 Å². The van der Waals surface area contributed by atoms with Crippen LogP contribution in [-0.4, -0.2) is 0 Å². The fourth-order valence-electron chi connectivity index (χ4n) is 1.45. The average molecular weight is 228 g/mol. The van der Waals surface area contributed by atoms with E-state index >= 15 is 0 Å². The zero-order chi connectivity index (χ0) is 12.3. The Morgan fingerprint density at radius 3 is 2.24 bits per heavy atom. The van der Waals surface area contributed by atoms with Gasteiger partial charge in [0.05, 0.1) is 11.4 Å². The van der Waals surface area contributed by atoms with Crippen LogP contribution in [0.2, 0.25) is 0 Å².